The van der Waals surface area contributed by atoms with E-state index >= 15 is 0 Å². The van der Waals surface area contributed by atoms with Gasteiger partial charge in [-0.1, -0.05) is 0 Å². The van der Waals surface area contributed by atoms with Gasteiger partial charge >= 0.3 is 23.9 Å². The largest absolute Gasteiger partial charge is 0.503 e. The first kappa shape index (κ1) is 51.8. The predicted octanol–water partition coefficient (Wildman–Crippen LogP) is -1.70. The van der Waals surface area contributed by atoms with Crippen LogP contribution < -0.4 is 32.1 Å². The highest BCUT2D eigenvalue weighted by Gasteiger charge is 2.24. The lowest BCUT2D eigenvalue weighted by molar-refractivity contribution is -0.704. The summed E-state index contributed by atoms with van der Waals surface area (Å²) in [5.74, 6) is -4.79. The lowest BCUT2D eigenvalue weighted by Crippen LogP contribution is -2.41. The number of aliphatic imine (C=N–C) groups is 2. The lowest BCUT2D eigenvalue weighted by Gasteiger charge is -2.14. The predicted molar refractivity (Wildman–Crippen MR) is 206 cm³/mol. The van der Waals surface area contributed by atoms with E-state index in [0.29, 0.717) is 68.2 Å². The second kappa shape index (κ2) is 28.2. The quantitative estimate of drug-likeness (QED) is 0.0149. The summed E-state index contributed by atoms with van der Waals surface area (Å²) in [5, 5.41) is 83.2. The van der Waals surface area contributed by atoms with Crippen LogP contribution in [-0.2, 0) is 67.7 Å². The van der Waals surface area contributed by atoms with Gasteiger partial charge in [-0.2, -0.15) is 4.57 Å². The van der Waals surface area contributed by atoms with Crippen molar-refractivity contribution in [3.63, 3.8) is 0 Å². The van der Waals surface area contributed by atoms with Crippen LogP contribution in [-0.4, -0.2) is 126 Å². The van der Waals surface area contributed by atoms with Crippen LogP contribution in [0.3, 0.4) is 0 Å². The molecule has 23 nitrogen and oxygen atoms in total. The van der Waals surface area contributed by atoms with Crippen molar-refractivity contribution in [2.75, 3.05) is 13.5 Å². The minimum atomic E-state index is -1.20. The number of carbonyl (C=O) groups is 4. The number of hydrogen-bond acceptors (Lipinski definition) is 17. The van der Waals surface area contributed by atoms with E-state index in [2.05, 4.69) is 19.8 Å². The molecule has 0 aliphatic heterocycles. The van der Waals surface area contributed by atoms with Crippen molar-refractivity contribution in [3.05, 3.63) is 47.0 Å². The second-order valence-electron chi connectivity index (χ2n) is 13.5. The maximum Gasteiger partial charge on any atom is 0.320 e. The van der Waals surface area contributed by atoms with Crippen molar-refractivity contribution in [1.29, 1.82) is 0 Å². The molecule has 330 valence electrons. The number of unbranched alkanes of at least 4 members (excludes halogenated alkanes) is 1. The summed E-state index contributed by atoms with van der Waals surface area (Å²) in [6, 6.07) is -4.32. The topological polar surface area (TPSA) is 405 Å². The molecule has 0 bridgehead atoms. The molecule has 0 aromatic carbocycles. The zero-order chi connectivity index (χ0) is 44.5. The fraction of sp³-hybridized carbons (Fsp3) is 0.556. The van der Waals surface area contributed by atoms with Crippen molar-refractivity contribution >= 4 is 36.3 Å². The summed E-state index contributed by atoms with van der Waals surface area (Å²) in [6.07, 6.45) is 11.9. The Morgan fingerprint density at radius 2 is 1.05 bits per heavy atom. The smallest absolute Gasteiger partial charge is 0.320 e. The Kier molecular flexibility index (Phi) is 24.8. The van der Waals surface area contributed by atoms with Crippen LogP contribution in [0.1, 0.15) is 67.2 Å². The Morgan fingerprint density at radius 3 is 1.49 bits per heavy atom. The average Bonchev–Trinajstić information content (AvgIpc) is 3.17. The third-order valence-electron chi connectivity index (χ3n) is 8.75. The first-order valence-electron chi connectivity index (χ1n) is 18.5. The monoisotopic (exact) mass is 842 g/mol. The van der Waals surface area contributed by atoms with Crippen LogP contribution >= 0.6 is 0 Å². The maximum absolute atomic E-state index is 11.1. The molecular formula is C36H58N8O15+2. The molecule has 59 heavy (non-hydrogen) atoms. The van der Waals surface area contributed by atoms with E-state index in [0.717, 1.165) is 5.56 Å². The molecule has 0 radical (unpaired) electrons. The van der Waals surface area contributed by atoms with Crippen LogP contribution in [0.4, 0.5) is 0 Å². The molecule has 0 saturated heterocycles. The Hall–Kier alpha value is -5.24. The fourth-order valence-corrected chi connectivity index (χ4v) is 5.59. The first-order valence-corrected chi connectivity index (χ1v) is 18.5. The van der Waals surface area contributed by atoms with Gasteiger partial charge < -0.3 is 58.7 Å². The van der Waals surface area contributed by atoms with E-state index < -0.39 is 54.1 Å². The highest BCUT2D eigenvalue weighted by molar-refractivity contribution is 5.74. The van der Waals surface area contributed by atoms with Gasteiger partial charge in [0.2, 0.25) is 12.4 Å². The van der Waals surface area contributed by atoms with Crippen molar-refractivity contribution in [1.82, 2.24) is 0 Å². The van der Waals surface area contributed by atoms with Gasteiger partial charge in [-0.05, 0) is 51.4 Å². The summed E-state index contributed by atoms with van der Waals surface area (Å²) >= 11 is 0. The van der Waals surface area contributed by atoms with Gasteiger partial charge in [0.25, 0.3) is 0 Å². The molecule has 23 heteroatoms. The van der Waals surface area contributed by atoms with Crippen LogP contribution in [0.25, 0.3) is 0 Å². The zero-order valence-electron chi connectivity index (χ0n) is 32.5. The molecule has 2 heterocycles. The third-order valence-corrected chi connectivity index (χ3v) is 8.75. The van der Waals surface area contributed by atoms with Crippen LogP contribution in [0.2, 0.25) is 0 Å². The number of aromatic nitrogens is 2. The lowest BCUT2D eigenvalue weighted by atomic mass is 9.98. The number of carboxylic acid groups (broad SMARTS) is 4. The zero-order valence-corrected chi connectivity index (χ0v) is 32.5. The number of rotatable bonds is 28. The van der Waals surface area contributed by atoms with E-state index in [1.807, 2.05) is 0 Å². The highest BCUT2D eigenvalue weighted by atomic mass is 17.1. The van der Waals surface area contributed by atoms with Gasteiger partial charge in [-0.3, -0.25) is 29.2 Å². The van der Waals surface area contributed by atoms with Crippen LogP contribution in [0, 0.1) is 0 Å². The summed E-state index contributed by atoms with van der Waals surface area (Å²) < 4.78 is 3.30. The van der Waals surface area contributed by atoms with E-state index in [4.69, 9.17) is 53.9 Å². The van der Waals surface area contributed by atoms with Crippen molar-refractivity contribution in [2.24, 2.45) is 32.9 Å². The molecule has 17 N–H and O–H groups in total. The van der Waals surface area contributed by atoms with Gasteiger partial charge in [-0.15, -0.1) is 0 Å². The standard InChI is InChI=1S/C18H28N4O8.C18H28N4O7/c19-14(17(25)26)4-3-12(23)8-22-7-11(2-1-5-21-10-30-29)13(16(24)9-22)6-15(20)18(27)28;19-14(17(24)25)5-1-2-7-22-9-12(4-3-6-21-11-29-28)13(16(23)10-22)8-15(20)18(26)27/h5,7,9,12,14-15,23H,1-4,6,8,10,19-20H2,(H3-,24,25,26,27,28,29);6,9-10,14-15H,1-5,7-8,11,19-20H2,(H3-,23,24,25,26,27,28)/p+2. The third kappa shape index (κ3) is 20.8. The van der Waals surface area contributed by atoms with Crippen LogP contribution in [0.15, 0.2) is 34.8 Å². The SMILES string of the molecule is NC(CCC(O)C[n+]1cc(O)c(CC(N)C(=O)O)c(CCC=NCOO)c1)C(=O)O.NC(CCCC[n+]1cc(O)c(CC(N)C(=O)O)c(CCC=NCOO)c1)C(=O)O. The molecule has 0 spiro atoms. The minimum Gasteiger partial charge on any atom is -0.503 e. The Labute approximate surface area is 339 Å². The molecule has 5 unspecified atom stereocenters. The molecule has 2 rings (SSSR count). The molecule has 2 aromatic heterocycles. The Bertz CT molecular complexity index is 1700. The van der Waals surface area contributed by atoms with Crippen LogP contribution in [0.5, 0.6) is 11.5 Å². The fourth-order valence-electron chi connectivity index (χ4n) is 5.59. The number of aromatic hydroxyl groups is 2. The van der Waals surface area contributed by atoms with Gasteiger partial charge in [0, 0.05) is 53.9 Å². The normalized spacial score (nSPS) is 14.0. The number of hydrogen-bond donors (Lipinski definition) is 13. The van der Waals surface area contributed by atoms with Gasteiger partial charge in [0.1, 0.15) is 36.8 Å². The summed E-state index contributed by atoms with van der Waals surface area (Å²) in [4.78, 5) is 59.0. The number of nitrogens with zero attached hydrogens (tertiary/aromatic N) is 4. The van der Waals surface area contributed by atoms with Gasteiger partial charge in [0.05, 0.1) is 0 Å². The maximum atomic E-state index is 11.1. The molecule has 2 aromatic rings. The first-order chi connectivity index (χ1) is 27.9. The number of pyridine rings is 2. The average molecular weight is 843 g/mol. The van der Waals surface area contributed by atoms with Crippen molar-refractivity contribution in [3.8, 4) is 11.5 Å². The number of aryl methyl sites for hydroxylation is 3. The van der Waals surface area contributed by atoms with E-state index in [-0.39, 0.29) is 57.2 Å². The van der Waals surface area contributed by atoms with E-state index in [9.17, 15) is 34.5 Å². The molecule has 0 aliphatic rings. The van der Waals surface area contributed by atoms with Gasteiger partial charge in [0.15, 0.2) is 43.9 Å². The Morgan fingerprint density at radius 1 is 0.627 bits per heavy atom. The Balaban J connectivity index is 0.000000590. The summed E-state index contributed by atoms with van der Waals surface area (Å²) in [6.45, 7) is 0.200. The number of aliphatic hydroxyl groups is 1. The highest BCUT2D eigenvalue weighted by Crippen LogP contribution is 2.23. The molecule has 0 amide bonds. The number of aliphatic hydroxyl groups excluding tert-OH is 1. The second-order valence-corrected chi connectivity index (χ2v) is 13.5. The van der Waals surface area contributed by atoms with Gasteiger partial charge in [-0.25, -0.2) is 24.9 Å². The molecule has 5 atom stereocenters. The summed E-state index contributed by atoms with van der Waals surface area (Å²) in [5.41, 5.74) is 24.3. The van der Waals surface area contributed by atoms with E-state index in [1.54, 1.807) is 23.2 Å². The number of carboxylic acids is 4. The summed E-state index contributed by atoms with van der Waals surface area (Å²) in [7, 11) is 0. The van der Waals surface area contributed by atoms with Crippen molar-refractivity contribution in [2.45, 2.75) is 114 Å². The number of aliphatic carboxylic acids is 4. The molecular weight excluding hydrogens is 784 g/mol. The molecule has 0 fully saturated rings. The number of nitrogens with two attached hydrogens (primary N) is 4. The van der Waals surface area contributed by atoms with Crippen molar-refractivity contribution < 1.29 is 84.3 Å². The minimum absolute atomic E-state index is 0.0261. The van der Waals surface area contributed by atoms with E-state index in [1.165, 1.54) is 23.2 Å². The molecule has 0 aliphatic carbocycles. The molecule has 0 saturated carbocycles.